The van der Waals surface area contributed by atoms with Crippen LogP contribution in [0.15, 0.2) is 12.1 Å². The molecule has 0 bridgehead atoms. The van der Waals surface area contributed by atoms with Gasteiger partial charge in [-0.05, 0) is 30.9 Å². The zero-order chi connectivity index (χ0) is 20.9. The Morgan fingerprint density at radius 3 is 2.04 bits per heavy atom. The van der Waals surface area contributed by atoms with Crippen LogP contribution in [0.4, 0.5) is 13.2 Å². The van der Waals surface area contributed by atoms with Crippen molar-refractivity contribution in [2.24, 2.45) is 5.92 Å². The van der Waals surface area contributed by atoms with Crippen LogP contribution in [0.2, 0.25) is 0 Å². The van der Waals surface area contributed by atoms with Gasteiger partial charge in [0.15, 0.2) is 11.5 Å². The number of halogens is 3. The van der Waals surface area contributed by atoms with E-state index in [2.05, 4.69) is 0 Å². The average Bonchev–Trinajstić information content (AvgIpc) is 2.69. The van der Waals surface area contributed by atoms with Crippen LogP contribution in [0.1, 0.15) is 23.2 Å². The number of carbonyl (C=O) groups is 2. The molecule has 1 aromatic rings. The van der Waals surface area contributed by atoms with Crippen molar-refractivity contribution < 1.29 is 37.0 Å². The number of nitrogens with one attached hydrogen (secondary N) is 1. The maximum absolute atomic E-state index is 12.8. The van der Waals surface area contributed by atoms with Crippen LogP contribution < -0.4 is 19.5 Å². The monoisotopic (exact) mass is 404 g/mol. The molecule has 1 fully saturated rings. The second-order valence-corrected chi connectivity index (χ2v) is 6.36. The van der Waals surface area contributed by atoms with E-state index >= 15 is 0 Å². The Bertz CT molecular complexity index is 691. The topological polar surface area (TPSA) is 77.1 Å². The summed E-state index contributed by atoms with van der Waals surface area (Å²) < 4.78 is 52.5. The summed E-state index contributed by atoms with van der Waals surface area (Å²) in [4.78, 5) is 25.3. The minimum Gasteiger partial charge on any atom is -0.493 e. The Balaban J connectivity index is 1.99. The van der Waals surface area contributed by atoms with Crippen molar-refractivity contribution in [2.75, 3.05) is 41.0 Å². The molecule has 0 aromatic heterocycles. The first-order valence-corrected chi connectivity index (χ1v) is 8.65. The predicted molar refractivity (Wildman–Crippen MR) is 93.8 cm³/mol. The van der Waals surface area contributed by atoms with Crippen LogP contribution in [0.3, 0.4) is 0 Å². The second kappa shape index (κ2) is 9.03. The number of piperidine rings is 1. The van der Waals surface area contributed by atoms with Gasteiger partial charge in [0.25, 0.3) is 5.91 Å². The fraction of sp³-hybridized carbons (Fsp3) is 0.556. The van der Waals surface area contributed by atoms with Gasteiger partial charge in [0, 0.05) is 25.2 Å². The molecule has 7 nitrogen and oxygen atoms in total. The molecule has 156 valence electrons. The second-order valence-electron chi connectivity index (χ2n) is 6.36. The third kappa shape index (κ3) is 4.99. The minimum absolute atomic E-state index is 0.0649. The number of benzene rings is 1. The molecule has 0 saturated carbocycles. The van der Waals surface area contributed by atoms with E-state index in [1.54, 1.807) is 17.0 Å². The van der Waals surface area contributed by atoms with Crippen molar-refractivity contribution in [1.29, 1.82) is 0 Å². The molecule has 1 N–H and O–H groups in total. The zero-order valence-corrected chi connectivity index (χ0v) is 15.9. The lowest BCUT2D eigenvalue weighted by atomic mass is 9.96. The first-order chi connectivity index (χ1) is 13.2. The number of rotatable bonds is 6. The summed E-state index contributed by atoms with van der Waals surface area (Å²) in [6.45, 7) is 0.689. The van der Waals surface area contributed by atoms with Crippen molar-refractivity contribution in [1.82, 2.24) is 10.2 Å². The summed E-state index contributed by atoms with van der Waals surface area (Å²) in [7, 11) is 4.36. The SMILES string of the molecule is COc1cc(C(=O)N2CCC(CNC(=O)C(F)(F)F)CC2)cc(OC)c1OC. The third-order valence-corrected chi connectivity index (χ3v) is 4.62. The van der Waals surface area contributed by atoms with E-state index in [1.165, 1.54) is 21.3 Å². The summed E-state index contributed by atoms with van der Waals surface area (Å²) in [5.41, 5.74) is 0.360. The summed E-state index contributed by atoms with van der Waals surface area (Å²) in [6, 6.07) is 3.11. The number of hydrogen-bond acceptors (Lipinski definition) is 5. The number of nitrogens with zero attached hydrogens (tertiary/aromatic N) is 1. The molecule has 2 rings (SSSR count). The Morgan fingerprint density at radius 2 is 1.61 bits per heavy atom. The molecule has 0 radical (unpaired) electrons. The van der Waals surface area contributed by atoms with Crippen LogP contribution in [0.25, 0.3) is 0 Å². The number of ether oxygens (including phenoxy) is 3. The standard InChI is InChI=1S/C18H23F3N2O5/c1-26-13-8-12(9-14(27-2)15(13)28-3)16(24)23-6-4-11(5-7-23)10-22-17(25)18(19,20)21/h8-9,11H,4-7,10H2,1-3H3,(H,22,25). The van der Waals surface area contributed by atoms with Gasteiger partial charge < -0.3 is 24.4 Å². The first kappa shape index (κ1) is 21.6. The first-order valence-electron chi connectivity index (χ1n) is 8.65. The summed E-state index contributed by atoms with van der Waals surface area (Å²) in [5.74, 6) is -1.21. The van der Waals surface area contributed by atoms with E-state index in [0.29, 0.717) is 48.7 Å². The molecular formula is C18H23F3N2O5. The van der Waals surface area contributed by atoms with E-state index < -0.39 is 12.1 Å². The molecule has 1 aromatic carbocycles. The zero-order valence-electron chi connectivity index (χ0n) is 15.9. The third-order valence-electron chi connectivity index (χ3n) is 4.62. The summed E-state index contributed by atoms with van der Waals surface area (Å²) in [5, 5.41) is 1.90. The number of alkyl halides is 3. The Hall–Kier alpha value is -2.65. The fourth-order valence-corrected chi connectivity index (χ4v) is 3.06. The summed E-state index contributed by atoms with van der Waals surface area (Å²) >= 11 is 0. The molecule has 28 heavy (non-hydrogen) atoms. The fourth-order valence-electron chi connectivity index (χ4n) is 3.06. The molecule has 1 heterocycles. The smallest absolute Gasteiger partial charge is 0.471 e. The van der Waals surface area contributed by atoms with E-state index in [4.69, 9.17) is 14.2 Å². The predicted octanol–water partition coefficient (Wildman–Crippen LogP) is 2.24. The molecule has 1 saturated heterocycles. The average molecular weight is 404 g/mol. The van der Waals surface area contributed by atoms with Crippen LogP contribution in [0.5, 0.6) is 17.2 Å². The van der Waals surface area contributed by atoms with E-state index in [0.717, 1.165) is 0 Å². The number of likely N-dealkylation sites (tertiary alicyclic amines) is 1. The lowest BCUT2D eigenvalue weighted by molar-refractivity contribution is -0.173. The lowest BCUT2D eigenvalue weighted by Gasteiger charge is -2.32. The molecule has 0 aliphatic carbocycles. The Kier molecular flexibility index (Phi) is 6.98. The van der Waals surface area contributed by atoms with Crippen LogP contribution in [0, 0.1) is 5.92 Å². The Morgan fingerprint density at radius 1 is 1.07 bits per heavy atom. The quantitative estimate of drug-likeness (QED) is 0.787. The molecular weight excluding hydrogens is 381 g/mol. The molecule has 0 atom stereocenters. The Labute approximate surface area is 160 Å². The molecule has 10 heteroatoms. The van der Waals surface area contributed by atoms with Crippen molar-refractivity contribution in [3.8, 4) is 17.2 Å². The largest absolute Gasteiger partial charge is 0.493 e. The van der Waals surface area contributed by atoms with Gasteiger partial charge >= 0.3 is 12.1 Å². The van der Waals surface area contributed by atoms with Gasteiger partial charge in [-0.3, -0.25) is 9.59 Å². The highest BCUT2D eigenvalue weighted by molar-refractivity contribution is 5.95. The number of methoxy groups -OCH3 is 3. The van der Waals surface area contributed by atoms with Crippen LogP contribution in [-0.4, -0.2) is 63.9 Å². The normalized spacial score (nSPS) is 15.1. The van der Waals surface area contributed by atoms with E-state index in [-0.39, 0.29) is 18.4 Å². The molecule has 1 aliphatic heterocycles. The minimum atomic E-state index is -4.89. The van der Waals surface area contributed by atoms with Gasteiger partial charge in [-0.1, -0.05) is 0 Å². The van der Waals surface area contributed by atoms with E-state index in [9.17, 15) is 22.8 Å². The van der Waals surface area contributed by atoms with Crippen molar-refractivity contribution in [2.45, 2.75) is 19.0 Å². The highest BCUT2D eigenvalue weighted by Crippen LogP contribution is 2.38. The van der Waals surface area contributed by atoms with Gasteiger partial charge in [0.1, 0.15) is 0 Å². The van der Waals surface area contributed by atoms with Gasteiger partial charge in [0.05, 0.1) is 21.3 Å². The number of amides is 2. The molecule has 0 unspecified atom stereocenters. The lowest BCUT2D eigenvalue weighted by Crippen LogP contribution is -2.44. The molecule has 1 aliphatic rings. The number of hydrogen-bond donors (Lipinski definition) is 1. The van der Waals surface area contributed by atoms with Crippen molar-refractivity contribution in [3.05, 3.63) is 17.7 Å². The molecule has 0 spiro atoms. The van der Waals surface area contributed by atoms with Crippen LogP contribution in [-0.2, 0) is 4.79 Å². The molecule has 2 amide bonds. The van der Waals surface area contributed by atoms with Gasteiger partial charge in [0.2, 0.25) is 5.75 Å². The van der Waals surface area contributed by atoms with Gasteiger partial charge in [-0.25, -0.2) is 0 Å². The van der Waals surface area contributed by atoms with Crippen molar-refractivity contribution in [3.63, 3.8) is 0 Å². The highest BCUT2D eigenvalue weighted by Gasteiger charge is 2.38. The summed E-state index contributed by atoms with van der Waals surface area (Å²) in [6.07, 6.45) is -3.90. The van der Waals surface area contributed by atoms with Crippen molar-refractivity contribution >= 4 is 11.8 Å². The van der Waals surface area contributed by atoms with Crippen LogP contribution >= 0.6 is 0 Å². The van der Waals surface area contributed by atoms with E-state index in [1.807, 2.05) is 5.32 Å². The number of carbonyl (C=O) groups excluding carboxylic acids is 2. The van der Waals surface area contributed by atoms with Gasteiger partial charge in [-0.15, -0.1) is 0 Å². The maximum Gasteiger partial charge on any atom is 0.471 e. The highest BCUT2D eigenvalue weighted by atomic mass is 19.4. The van der Waals surface area contributed by atoms with Gasteiger partial charge in [-0.2, -0.15) is 13.2 Å². The maximum atomic E-state index is 12.8.